The minimum absolute atomic E-state index is 0.0748. The molecule has 1 saturated heterocycles. The summed E-state index contributed by atoms with van der Waals surface area (Å²) in [6, 6.07) is 10.6. The third-order valence-electron chi connectivity index (χ3n) is 4.53. The fraction of sp³-hybridized carbons (Fsp3) is 0.421. The Morgan fingerprint density at radius 3 is 2.40 bits per heavy atom. The summed E-state index contributed by atoms with van der Waals surface area (Å²) < 4.78 is 1.53. The van der Waals surface area contributed by atoms with Crippen molar-refractivity contribution in [2.45, 2.75) is 20.3 Å². The maximum atomic E-state index is 12.7. The zero-order valence-corrected chi connectivity index (χ0v) is 14.9. The SMILES string of the molecule is C[C@H]1C[C@H](C)CN(C(=O)c2cc(NC(=O)c3ccccc3)n(C)n2)C1. The number of likely N-dealkylation sites (tertiary alicyclic amines) is 1. The maximum Gasteiger partial charge on any atom is 0.274 e. The summed E-state index contributed by atoms with van der Waals surface area (Å²) in [6.45, 7) is 5.84. The number of aromatic nitrogens is 2. The molecule has 0 saturated carbocycles. The number of carbonyl (C=O) groups excluding carboxylic acids is 2. The number of benzene rings is 1. The van der Waals surface area contributed by atoms with Crippen molar-refractivity contribution in [2.75, 3.05) is 18.4 Å². The predicted molar refractivity (Wildman–Crippen MR) is 96.5 cm³/mol. The molecule has 6 nitrogen and oxygen atoms in total. The molecule has 2 aromatic rings. The van der Waals surface area contributed by atoms with Crippen molar-refractivity contribution in [1.29, 1.82) is 0 Å². The number of aryl methyl sites for hydroxylation is 1. The third kappa shape index (κ3) is 3.90. The van der Waals surface area contributed by atoms with Crippen LogP contribution in [0.25, 0.3) is 0 Å². The fourth-order valence-corrected chi connectivity index (χ4v) is 3.46. The predicted octanol–water partition coefficient (Wildman–Crippen LogP) is 2.79. The van der Waals surface area contributed by atoms with E-state index in [1.807, 2.05) is 23.1 Å². The van der Waals surface area contributed by atoms with Gasteiger partial charge in [-0.1, -0.05) is 32.0 Å². The second-order valence-corrected chi connectivity index (χ2v) is 7.01. The molecule has 1 aliphatic heterocycles. The molecular formula is C19H24N4O2. The van der Waals surface area contributed by atoms with E-state index in [1.54, 1.807) is 25.2 Å². The average Bonchev–Trinajstić information content (AvgIpc) is 2.94. The van der Waals surface area contributed by atoms with Gasteiger partial charge in [0.05, 0.1) is 0 Å². The van der Waals surface area contributed by atoms with Crippen molar-refractivity contribution in [1.82, 2.24) is 14.7 Å². The first kappa shape index (κ1) is 17.2. The van der Waals surface area contributed by atoms with Crippen LogP contribution < -0.4 is 5.32 Å². The van der Waals surface area contributed by atoms with Gasteiger partial charge >= 0.3 is 0 Å². The number of nitrogens with zero attached hydrogens (tertiary/aromatic N) is 3. The largest absolute Gasteiger partial charge is 0.337 e. The number of hydrogen-bond donors (Lipinski definition) is 1. The van der Waals surface area contributed by atoms with E-state index >= 15 is 0 Å². The molecule has 0 spiro atoms. The number of amides is 2. The van der Waals surface area contributed by atoms with Gasteiger partial charge in [-0.15, -0.1) is 0 Å². The maximum absolute atomic E-state index is 12.7. The van der Waals surface area contributed by atoms with Gasteiger partial charge in [0.2, 0.25) is 0 Å². The van der Waals surface area contributed by atoms with Crippen molar-refractivity contribution >= 4 is 17.6 Å². The Labute approximate surface area is 147 Å². The van der Waals surface area contributed by atoms with Crippen molar-refractivity contribution in [3.05, 3.63) is 47.7 Å². The molecule has 1 N–H and O–H groups in total. The van der Waals surface area contributed by atoms with Gasteiger partial charge in [0.15, 0.2) is 5.69 Å². The molecular weight excluding hydrogens is 316 g/mol. The number of carbonyl (C=O) groups is 2. The first-order chi connectivity index (χ1) is 11.9. The highest BCUT2D eigenvalue weighted by Crippen LogP contribution is 2.23. The molecule has 1 fully saturated rings. The van der Waals surface area contributed by atoms with Crippen LogP contribution in [-0.2, 0) is 7.05 Å². The van der Waals surface area contributed by atoms with Gasteiger partial charge in [0.25, 0.3) is 11.8 Å². The zero-order chi connectivity index (χ0) is 18.0. The molecule has 2 amide bonds. The molecule has 1 aromatic heterocycles. The summed E-state index contributed by atoms with van der Waals surface area (Å²) in [5, 5.41) is 7.11. The molecule has 1 aromatic carbocycles. The van der Waals surface area contributed by atoms with E-state index in [4.69, 9.17) is 0 Å². The molecule has 132 valence electrons. The summed E-state index contributed by atoms with van der Waals surface area (Å²) in [5.74, 6) is 1.20. The smallest absolute Gasteiger partial charge is 0.274 e. The fourth-order valence-electron chi connectivity index (χ4n) is 3.46. The highest BCUT2D eigenvalue weighted by molar-refractivity contribution is 6.04. The second-order valence-electron chi connectivity index (χ2n) is 7.01. The lowest BCUT2D eigenvalue weighted by atomic mass is 9.92. The first-order valence-corrected chi connectivity index (χ1v) is 8.63. The Bertz CT molecular complexity index is 759. The molecule has 25 heavy (non-hydrogen) atoms. The Balaban J connectivity index is 1.73. The van der Waals surface area contributed by atoms with Crippen LogP contribution in [-0.4, -0.2) is 39.6 Å². The Morgan fingerprint density at radius 2 is 1.76 bits per heavy atom. The summed E-state index contributed by atoms with van der Waals surface area (Å²) in [4.78, 5) is 26.9. The van der Waals surface area contributed by atoms with Gasteiger partial charge in [-0.2, -0.15) is 5.10 Å². The van der Waals surface area contributed by atoms with E-state index in [2.05, 4.69) is 24.3 Å². The van der Waals surface area contributed by atoms with Crippen LogP contribution >= 0.6 is 0 Å². The van der Waals surface area contributed by atoms with Gasteiger partial charge in [-0.25, -0.2) is 0 Å². The highest BCUT2D eigenvalue weighted by Gasteiger charge is 2.28. The summed E-state index contributed by atoms with van der Waals surface area (Å²) in [6.07, 6.45) is 1.14. The summed E-state index contributed by atoms with van der Waals surface area (Å²) >= 11 is 0. The molecule has 1 aliphatic rings. The highest BCUT2D eigenvalue weighted by atomic mass is 16.2. The normalized spacial score (nSPS) is 20.4. The van der Waals surface area contributed by atoms with E-state index in [9.17, 15) is 9.59 Å². The number of piperidine rings is 1. The molecule has 3 rings (SSSR count). The Hall–Kier alpha value is -2.63. The van der Waals surface area contributed by atoms with Crippen molar-refractivity contribution in [3.8, 4) is 0 Å². The molecule has 2 heterocycles. The van der Waals surface area contributed by atoms with Gasteiger partial charge in [-0.05, 0) is 30.4 Å². The molecule has 6 heteroatoms. The number of nitrogens with one attached hydrogen (secondary N) is 1. The van der Waals surface area contributed by atoms with Gasteiger partial charge in [0.1, 0.15) is 5.82 Å². The lowest BCUT2D eigenvalue weighted by molar-refractivity contribution is 0.0616. The number of anilines is 1. The minimum Gasteiger partial charge on any atom is -0.337 e. The van der Waals surface area contributed by atoms with Crippen LogP contribution in [0, 0.1) is 11.8 Å². The first-order valence-electron chi connectivity index (χ1n) is 8.63. The minimum atomic E-state index is -0.220. The molecule has 0 radical (unpaired) electrons. The third-order valence-corrected chi connectivity index (χ3v) is 4.53. The van der Waals surface area contributed by atoms with Crippen LogP contribution in [0.3, 0.4) is 0 Å². The lowest BCUT2D eigenvalue weighted by Gasteiger charge is -2.34. The monoisotopic (exact) mass is 340 g/mol. The van der Waals surface area contributed by atoms with Crippen LogP contribution in [0.5, 0.6) is 0 Å². The topological polar surface area (TPSA) is 67.2 Å². The van der Waals surface area contributed by atoms with E-state index in [1.165, 1.54) is 4.68 Å². The molecule has 0 unspecified atom stereocenters. The van der Waals surface area contributed by atoms with E-state index in [0.29, 0.717) is 28.9 Å². The Kier molecular flexibility index (Phi) is 4.88. The van der Waals surface area contributed by atoms with Crippen LogP contribution in [0.2, 0.25) is 0 Å². The van der Waals surface area contributed by atoms with Gasteiger partial charge in [0, 0.05) is 31.8 Å². The summed E-state index contributed by atoms with van der Waals surface area (Å²) in [5.41, 5.74) is 0.933. The van der Waals surface area contributed by atoms with Crippen molar-refractivity contribution in [3.63, 3.8) is 0 Å². The quantitative estimate of drug-likeness (QED) is 0.934. The Morgan fingerprint density at radius 1 is 1.12 bits per heavy atom. The van der Waals surface area contributed by atoms with Crippen LogP contribution in [0.4, 0.5) is 5.82 Å². The van der Waals surface area contributed by atoms with Crippen LogP contribution in [0.15, 0.2) is 36.4 Å². The molecule has 0 aliphatic carbocycles. The van der Waals surface area contributed by atoms with Gasteiger partial charge in [-0.3, -0.25) is 14.3 Å². The number of rotatable bonds is 3. The standard InChI is InChI=1S/C19H24N4O2/c1-13-9-14(2)12-23(11-13)19(25)16-10-17(22(3)21-16)20-18(24)15-7-5-4-6-8-15/h4-8,10,13-14H,9,11-12H2,1-3H3,(H,20,24)/t13-,14-/m0/s1. The zero-order valence-electron chi connectivity index (χ0n) is 14.9. The number of hydrogen-bond acceptors (Lipinski definition) is 3. The van der Waals surface area contributed by atoms with Crippen molar-refractivity contribution < 1.29 is 9.59 Å². The summed E-state index contributed by atoms with van der Waals surface area (Å²) in [7, 11) is 1.72. The van der Waals surface area contributed by atoms with E-state index in [-0.39, 0.29) is 11.8 Å². The van der Waals surface area contributed by atoms with E-state index in [0.717, 1.165) is 19.5 Å². The van der Waals surface area contributed by atoms with Crippen molar-refractivity contribution in [2.24, 2.45) is 18.9 Å². The average molecular weight is 340 g/mol. The molecule has 2 atom stereocenters. The van der Waals surface area contributed by atoms with Crippen LogP contribution in [0.1, 0.15) is 41.1 Å². The van der Waals surface area contributed by atoms with Gasteiger partial charge < -0.3 is 10.2 Å². The lowest BCUT2D eigenvalue weighted by Crippen LogP contribution is -2.42. The molecule has 0 bridgehead atoms. The second kappa shape index (κ2) is 7.09. The van der Waals surface area contributed by atoms with E-state index < -0.39 is 0 Å².